The first kappa shape index (κ1) is 11.9. The highest BCUT2D eigenvalue weighted by Gasteiger charge is 2.11. The molecule has 0 aromatic heterocycles. The summed E-state index contributed by atoms with van der Waals surface area (Å²) in [5, 5.41) is 0. The molecule has 1 aromatic carbocycles. The molecule has 0 aliphatic carbocycles. The maximum atomic E-state index is 13.1. The van der Waals surface area contributed by atoms with E-state index < -0.39 is 0 Å². The highest BCUT2D eigenvalue weighted by atomic mass is 32.1. The molecule has 1 aliphatic rings. The molecule has 0 amide bonds. The summed E-state index contributed by atoms with van der Waals surface area (Å²) in [7, 11) is 0. The van der Waals surface area contributed by atoms with Gasteiger partial charge in [-0.15, -0.1) is 12.6 Å². The summed E-state index contributed by atoms with van der Waals surface area (Å²) < 4.78 is 13.1. The van der Waals surface area contributed by atoms with Crippen LogP contribution in [-0.4, -0.2) is 18.0 Å². The van der Waals surface area contributed by atoms with Crippen molar-refractivity contribution in [3.05, 3.63) is 29.6 Å². The van der Waals surface area contributed by atoms with E-state index in [1.54, 1.807) is 12.1 Å². The van der Waals surface area contributed by atoms with E-state index in [0.29, 0.717) is 0 Å². The van der Waals surface area contributed by atoms with Gasteiger partial charge in [-0.3, -0.25) is 4.90 Å². The summed E-state index contributed by atoms with van der Waals surface area (Å²) in [5.41, 5.74) is 1.00. The highest BCUT2D eigenvalue weighted by Crippen LogP contribution is 2.19. The molecule has 1 nitrogen and oxygen atoms in total. The molecule has 3 heteroatoms. The number of halogens is 1. The van der Waals surface area contributed by atoms with Gasteiger partial charge in [-0.1, -0.05) is 12.8 Å². The van der Waals surface area contributed by atoms with Crippen molar-refractivity contribution in [2.45, 2.75) is 37.1 Å². The average Bonchev–Trinajstić information content (AvgIpc) is 2.52. The fourth-order valence-corrected chi connectivity index (χ4v) is 2.43. The van der Waals surface area contributed by atoms with E-state index >= 15 is 0 Å². The molecule has 0 saturated carbocycles. The van der Waals surface area contributed by atoms with E-state index in [2.05, 4.69) is 17.5 Å². The van der Waals surface area contributed by atoms with Crippen LogP contribution in [0.3, 0.4) is 0 Å². The van der Waals surface area contributed by atoms with Gasteiger partial charge in [0.25, 0.3) is 0 Å². The van der Waals surface area contributed by atoms with Gasteiger partial charge in [-0.05, 0) is 49.7 Å². The predicted octanol–water partition coefficient (Wildman–Crippen LogP) is 3.49. The van der Waals surface area contributed by atoms with Gasteiger partial charge in [-0.25, -0.2) is 4.39 Å². The largest absolute Gasteiger partial charge is 0.299 e. The summed E-state index contributed by atoms with van der Waals surface area (Å²) in [6.07, 6.45) is 5.18. The second-order valence-corrected chi connectivity index (χ2v) is 4.95. The van der Waals surface area contributed by atoms with E-state index in [1.165, 1.54) is 31.7 Å². The van der Waals surface area contributed by atoms with Crippen LogP contribution in [0.15, 0.2) is 23.1 Å². The van der Waals surface area contributed by atoms with E-state index in [1.807, 2.05) is 0 Å². The van der Waals surface area contributed by atoms with E-state index in [0.717, 1.165) is 30.1 Å². The Balaban J connectivity index is 2.04. The van der Waals surface area contributed by atoms with Gasteiger partial charge in [0, 0.05) is 11.4 Å². The van der Waals surface area contributed by atoms with Crippen molar-refractivity contribution >= 4 is 12.6 Å². The minimum absolute atomic E-state index is 0.164. The Morgan fingerprint density at radius 2 is 1.81 bits per heavy atom. The Hall–Kier alpha value is -0.540. The summed E-state index contributed by atoms with van der Waals surface area (Å²) in [6, 6.07) is 4.81. The lowest BCUT2D eigenvalue weighted by molar-refractivity contribution is 0.274. The van der Waals surface area contributed by atoms with Crippen molar-refractivity contribution in [3.8, 4) is 0 Å². The van der Waals surface area contributed by atoms with Crippen LogP contribution in [0.5, 0.6) is 0 Å². The smallest absolute Gasteiger partial charge is 0.123 e. The van der Waals surface area contributed by atoms with Crippen molar-refractivity contribution in [1.29, 1.82) is 0 Å². The highest BCUT2D eigenvalue weighted by molar-refractivity contribution is 7.80. The molecule has 16 heavy (non-hydrogen) atoms. The first-order valence-electron chi connectivity index (χ1n) is 5.95. The molecule has 0 N–H and O–H groups in total. The quantitative estimate of drug-likeness (QED) is 0.773. The summed E-state index contributed by atoms with van der Waals surface area (Å²) in [6.45, 7) is 3.09. The molecule has 1 saturated heterocycles. The van der Waals surface area contributed by atoms with Gasteiger partial charge < -0.3 is 0 Å². The molecule has 0 unspecified atom stereocenters. The fraction of sp³-hybridized carbons (Fsp3) is 0.538. The second-order valence-electron chi connectivity index (χ2n) is 4.46. The number of thiol groups is 1. The molecule has 2 rings (SSSR count). The molecule has 1 fully saturated rings. The molecule has 0 radical (unpaired) electrons. The Kier molecular flexibility index (Phi) is 4.24. The third-order valence-corrected chi connectivity index (χ3v) is 3.57. The number of rotatable bonds is 2. The number of nitrogens with zero attached hydrogens (tertiary/aromatic N) is 1. The Morgan fingerprint density at radius 3 is 2.50 bits per heavy atom. The van der Waals surface area contributed by atoms with Gasteiger partial charge >= 0.3 is 0 Å². The fourth-order valence-electron chi connectivity index (χ4n) is 2.22. The number of hydrogen-bond acceptors (Lipinski definition) is 2. The SMILES string of the molecule is Fc1ccc(S)c(CN2CCCCCC2)c1. The molecular formula is C13H18FNS. The Labute approximate surface area is 102 Å². The van der Waals surface area contributed by atoms with Crippen LogP contribution in [0.1, 0.15) is 31.2 Å². The molecule has 0 atom stereocenters. The maximum absolute atomic E-state index is 13.1. The van der Waals surface area contributed by atoms with Crippen LogP contribution in [0, 0.1) is 5.82 Å². The van der Waals surface area contributed by atoms with Crippen molar-refractivity contribution in [2.24, 2.45) is 0 Å². The second kappa shape index (κ2) is 5.69. The van der Waals surface area contributed by atoms with E-state index in [-0.39, 0.29) is 5.82 Å². The summed E-state index contributed by atoms with van der Waals surface area (Å²) >= 11 is 4.38. The Morgan fingerprint density at radius 1 is 1.12 bits per heavy atom. The number of hydrogen-bond donors (Lipinski definition) is 1. The first-order chi connectivity index (χ1) is 7.75. The zero-order chi connectivity index (χ0) is 11.4. The van der Waals surface area contributed by atoms with Gasteiger partial charge in [0.15, 0.2) is 0 Å². The van der Waals surface area contributed by atoms with Crippen LogP contribution in [0.25, 0.3) is 0 Å². The predicted molar refractivity (Wildman–Crippen MR) is 67.4 cm³/mol. The standard InChI is InChI=1S/C13H18FNS/c14-12-5-6-13(16)11(9-12)10-15-7-3-1-2-4-8-15/h5-6,9,16H,1-4,7-8,10H2. The average molecular weight is 239 g/mol. The van der Waals surface area contributed by atoms with Gasteiger partial charge in [0.2, 0.25) is 0 Å². The Bertz CT molecular complexity index is 346. The minimum atomic E-state index is -0.164. The van der Waals surface area contributed by atoms with Crippen LogP contribution < -0.4 is 0 Å². The monoisotopic (exact) mass is 239 g/mol. The minimum Gasteiger partial charge on any atom is -0.299 e. The first-order valence-corrected chi connectivity index (χ1v) is 6.40. The normalized spacial score (nSPS) is 18.4. The van der Waals surface area contributed by atoms with Crippen LogP contribution >= 0.6 is 12.6 Å². The number of likely N-dealkylation sites (tertiary alicyclic amines) is 1. The maximum Gasteiger partial charge on any atom is 0.123 e. The van der Waals surface area contributed by atoms with Gasteiger partial charge in [0.1, 0.15) is 5.82 Å². The number of benzene rings is 1. The molecule has 1 heterocycles. The molecule has 0 spiro atoms. The van der Waals surface area contributed by atoms with Crippen LogP contribution in [0.2, 0.25) is 0 Å². The molecule has 88 valence electrons. The van der Waals surface area contributed by atoms with Crippen LogP contribution in [0.4, 0.5) is 4.39 Å². The van der Waals surface area contributed by atoms with Crippen molar-refractivity contribution < 1.29 is 4.39 Å². The lowest BCUT2D eigenvalue weighted by atomic mass is 10.2. The van der Waals surface area contributed by atoms with E-state index in [4.69, 9.17) is 0 Å². The summed E-state index contributed by atoms with van der Waals surface area (Å²) in [4.78, 5) is 3.30. The summed E-state index contributed by atoms with van der Waals surface area (Å²) in [5.74, 6) is -0.164. The third kappa shape index (κ3) is 3.22. The van der Waals surface area contributed by atoms with Crippen molar-refractivity contribution in [1.82, 2.24) is 4.90 Å². The van der Waals surface area contributed by atoms with Crippen molar-refractivity contribution in [3.63, 3.8) is 0 Å². The van der Waals surface area contributed by atoms with Crippen molar-refractivity contribution in [2.75, 3.05) is 13.1 Å². The molecule has 1 aromatic rings. The molecule has 0 bridgehead atoms. The van der Waals surface area contributed by atoms with Gasteiger partial charge in [-0.2, -0.15) is 0 Å². The van der Waals surface area contributed by atoms with Gasteiger partial charge in [0.05, 0.1) is 0 Å². The molecular weight excluding hydrogens is 221 g/mol. The zero-order valence-corrected chi connectivity index (χ0v) is 10.3. The zero-order valence-electron chi connectivity index (χ0n) is 9.45. The lowest BCUT2D eigenvalue weighted by Gasteiger charge is -2.20. The topological polar surface area (TPSA) is 3.24 Å². The van der Waals surface area contributed by atoms with Crippen LogP contribution in [-0.2, 0) is 6.54 Å². The third-order valence-electron chi connectivity index (χ3n) is 3.13. The lowest BCUT2D eigenvalue weighted by Crippen LogP contribution is -2.24. The molecule has 1 aliphatic heterocycles. The van der Waals surface area contributed by atoms with E-state index in [9.17, 15) is 4.39 Å².